The highest BCUT2D eigenvalue weighted by atomic mass is 35.5. The standard InChI is InChI=1S/C20H14ClF2N3O2S2/c21-14-5-1-12(2-6-14)9-17-24-15(10-29-17)11-30-20-26-25-18(28-20)13-3-7-16(8-4-13)27-19(22)23/h1-8,10,19H,9,11H2. The van der Waals surface area contributed by atoms with Crippen molar-refractivity contribution in [3.05, 3.63) is 75.2 Å². The normalized spacial score (nSPS) is 11.2. The SMILES string of the molecule is FC(F)Oc1ccc(-c2nnc(SCc3csc(Cc4ccc(Cl)cc4)n3)o2)cc1. The van der Waals surface area contributed by atoms with Gasteiger partial charge in [0.2, 0.25) is 5.89 Å². The largest absolute Gasteiger partial charge is 0.435 e. The molecule has 154 valence electrons. The van der Waals surface area contributed by atoms with Crippen LogP contribution < -0.4 is 4.74 Å². The molecule has 0 aliphatic carbocycles. The molecule has 30 heavy (non-hydrogen) atoms. The van der Waals surface area contributed by atoms with Crippen LogP contribution in [0.25, 0.3) is 11.5 Å². The first-order chi connectivity index (χ1) is 14.5. The molecular formula is C20H14ClF2N3O2S2. The Hall–Kier alpha value is -2.49. The molecule has 0 aliphatic heterocycles. The van der Waals surface area contributed by atoms with E-state index in [-0.39, 0.29) is 5.75 Å². The van der Waals surface area contributed by atoms with Crippen LogP contribution in [0.5, 0.6) is 5.75 Å². The Morgan fingerprint density at radius 1 is 1.07 bits per heavy atom. The molecule has 2 aromatic carbocycles. The minimum absolute atomic E-state index is 0.0702. The molecule has 0 fully saturated rings. The van der Waals surface area contributed by atoms with Crippen molar-refractivity contribution >= 4 is 34.7 Å². The first-order valence-corrected chi connectivity index (χ1v) is 11.0. The van der Waals surface area contributed by atoms with Crippen molar-refractivity contribution in [2.75, 3.05) is 0 Å². The van der Waals surface area contributed by atoms with Crippen LogP contribution in [0.2, 0.25) is 5.02 Å². The van der Waals surface area contributed by atoms with E-state index in [0.717, 1.165) is 22.7 Å². The summed E-state index contributed by atoms with van der Waals surface area (Å²) in [6.45, 7) is -2.86. The van der Waals surface area contributed by atoms with Crippen LogP contribution in [0, 0.1) is 0 Å². The summed E-state index contributed by atoms with van der Waals surface area (Å²) in [6.07, 6.45) is 0.752. The van der Waals surface area contributed by atoms with Crippen molar-refractivity contribution in [1.29, 1.82) is 0 Å². The number of rotatable bonds is 8. The van der Waals surface area contributed by atoms with E-state index in [1.165, 1.54) is 23.9 Å². The molecule has 0 atom stereocenters. The molecule has 0 aliphatic rings. The summed E-state index contributed by atoms with van der Waals surface area (Å²) in [5.74, 6) is 0.975. The fourth-order valence-electron chi connectivity index (χ4n) is 2.57. The molecular weight excluding hydrogens is 452 g/mol. The average molecular weight is 466 g/mol. The van der Waals surface area contributed by atoms with Crippen LogP contribution in [0.1, 0.15) is 16.3 Å². The molecule has 0 radical (unpaired) electrons. The topological polar surface area (TPSA) is 61.0 Å². The maximum Gasteiger partial charge on any atom is 0.387 e. The van der Waals surface area contributed by atoms with Crippen molar-refractivity contribution in [2.24, 2.45) is 0 Å². The number of alkyl halides is 2. The fraction of sp³-hybridized carbons (Fsp3) is 0.150. The molecule has 0 saturated carbocycles. The average Bonchev–Trinajstić information content (AvgIpc) is 3.38. The van der Waals surface area contributed by atoms with Crippen molar-refractivity contribution in [2.45, 2.75) is 24.0 Å². The van der Waals surface area contributed by atoms with E-state index < -0.39 is 6.61 Å². The highest BCUT2D eigenvalue weighted by Gasteiger charge is 2.12. The number of nitrogens with zero attached hydrogens (tertiary/aromatic N) is 3. The summed E-state index contributed by atoms with van der Waals surface area (Å²) >= 11 is 8.90. The van der Waals surface area contributed by atoms with E-state index in [2.05, 4.69) is 19.9 Å². The third kappa shape index (κ3) is 5.56. The van der Waals surface area contributed by atoms with Gasteiger partial charge in [-0.15, -0.1) is 21.5 Å². The van der Waals surface area contributed by atoms with Crippen molar-refractivity contribution in [1.82, 2.24) is 15.2 Å². The second-order valence-corrected chi connectivity index (χ2v) is 8.41. The first-order valence-electron chi connectivity index (χ1n) is 8.74. The molecule has 0 amide bonds. The Balaban J connectivity index is 1.33. The summed E-state index contributed by atoms with van der Waals surface area (Å²) < 4.78 is 34.4. The maximum atomic E-state index is 12.2. The van der Waals surface area contributed by atoms with Crippen LogP contribution in [-0.2, 0) is 12.2 Å². The van der Waals surface area contributed by atoms with Gasteiger partial charge in [-0.1, -0.05) is 35.5 Å². The Labute approximate surface area is 184 Å². The quantitative estimate of drug-likeness (QED) is 0.283. The van der Waals surface area contributed by atoms with E-state index in [4.69, 9.17) is 16.0 Å². The van der Waals surface area contributed by atoms with Gasteiger partial charge in [-0.2, -0.15) is 8.78 Å². The van der Waals surface area contributed by atoms with Gasteiger partial charge in [0, 0.05) is 28.1 Å². The Kier molecular flexibility index (Phi) is 6.61. The van der Waals surface area contributed by atoms with Crippen molar-refractivity contribution in [3.63, 3.8) is 0 Å². The van der Waals surface area contributed by atoms with Gasteiger partial charge >= 0.3 is 6.61 Å². The number of aromatic nitrogens is 3. The van der Waals surface area contributed by atoms with E-state index in [1.807, 2.05) is 29.6 Å². The Morgan fingerprint density at radius 3 is 2.57 bits per heavy atom. The molecule has 0 N–H and O–H groups in total. The van der Waals surface area contributed by atoms with Gasteiger partial charge in [0.25, 0.3) is 5.22 Å². The number of thiazole rings is 1. The molecule has 2 heterocycles. The smallest absolute Gasteiger partial charge is 0.387 e. The van der Waals surface area contributed by atoms with Gasteiger partial charge in [0.15, 0.2) is 0 Å². The minimum atomic E-state index is -2.86. The van der Waals surface area contributed by atoms with E-state index in [9.17, 15) is 8.78 Å². The lowest BCUT2D eigenvalue weighted by Gasteiger charge is -2.03. The predicted octanol–water partition coefficient (Wildman–Crippen LogP) is 6.33. The van der Waals surface area contributed by atoms with Gasteiger partial charge in [-0.3, -0.25) is 0 Å². The van der Waals surface area contributed by atoms with Crippen LogP contribution in [0.15, 0.2) is 63.6 Å². The van der Waals surface area contributed by atoms with Gasteiger partial charge in [-0.05, 0) is 42.0 Å². The van der Waals surface area contributed by atoms with Crippen LogP contribution in [0.4, 0.5) is 8.78 Å². The third-order valence-electron chi connectivity index (χ3n) is 3.94. The van der Waals surface area contributed by atoms with Gasteiger partial charge in [0.1, 0.15) is 5.75 Å². The van der Waals surface area contributed by atoms with Gasteiger partial charge in [0.05, 0.1) is 10.7 Å². The molecule has 0 spiro atoms. The lowest BCUT2D eigenvalue weighted by atomic mass is 10.2. The number of thioether (sulfide) groups is 1. The second-order valence-electron chi connectivity index (χ2n) is 6.10. The number of hydrogen-bond donors (Lipinski definition) is 0. The van der Waals surface area contributed by atoms with E-state index in [0.29, 0.717) is 27.5 Å². The van der Waals surface area contributed by atoms with E-state index in [1.54, 1.807) is 23.5 Å². The highest BCUT2D eigenvalue weighted by Crippen LogP contribution is 2.28. The Bertz CT molecular complexity index is 1100. The predicted molar refractivity (Wildman–Crippen MR) is 112 cm³/mol. The molecule has 0 unspecified atom stereocenters. The number of hydrogen-bond acceptors (Lipinski definition) is 7. The summed E-state index contributed by atoms with van der Waals surface area (Å²) in [5.41, 5.74) is 2.71. The van der Waals surface area contributed by atoms with Crippen LogP contribution >= 0.6 is 34.7 Å². The number of ether oxygens (including phenoxy) is 1. The molecule has 5 nitrogen and oxygen atoms in total. The lowest BCUT2D eigenvalue weighted by molar-refractivity contribution is -0.0498. The van der Waals surface area contributed by atoms with Crippen molar-refractivity contribution < 1.29 is 17.9 Å². The molecule has 0 saturated heterocycles. The zero-order chi connectivity index (χ0) is 20.9. The number of halogens is 3. The monoisotopic (exact) mass is 465 g/mol. The molecule has 2 aromatic heterocycles. The fourth-order valence-corrected chi connectivity index (χ4v) is 4.29. The summed E-state index contributed by atoms with van der Waals surface area (Å²) in [6, 6.07) is 13.7. The highest BCUT2D eigenvalue weighted by molar-refractivity contribution is 7.98. The van der Waals surface area contributed by atoms with Gasteiger partial charge < -0.3 is 9.15 Å². The second kappa shape index (κ2) is 9.55. The zero-order valence-corrected chi connectivity index (χ0v) is 17.7. The van der Waals surface area contributed by atoms with Crippen LogP contribution in [0.3, 0.4) is 0 Å². The third-order valence-corrected chi connectivity index (χ3v) is 5.95. The molecule has 4 aromatic rings. The van der Waals surface area contributed by atoms with Gasteiger partial charge in [-0.25, -0.2) is 4.98 Å². The zero-order valence-electron chi connectivity index (χ0n) is 15.3. The maximum absolute atomic E-state index is 12.2. The number of benzene rings is 2. The molecule has 4 rings (SSSR count). The lowest BCUT2D eigenvalue weighted by Crippen LogP contribution is -2.01. The van der Waals surface area contributed by atoms with E-state index >= 15 is 0 Å². The minimum Gasteiger partial charge on any atom is -0.435 e. The van der Waals surface area contributed by atoms with Crippen molar-refractivity contribution in [3.8, 4) is 17.2 Å². The Morgan fingerprint density at radius 2 is 1.83 bits per heavy atom. The summed E-state index contributed by atoms with van der Waals surface area (Å²) in [4.78, 5) is 4.64. The summed E-state index contributed by atoms with van der Waals surface area (Å²) in [7, 11) is 0. The van der Waals surface area contributed by atoms with Crippen LogP contribution in [-0.4, -0.2) is 21.8 Å². The summed E-state index contributed by atoms with van der Waals surface area (Å²) in [5, 5.41) is 12.2. The first kappa shape index (κ1) is 20.8. The molecule has 0 bridgehead atoms. The molecule has 10 heteroatoms.